The summed E-state index contributed by atoms with van der Waals surface area (Å²) in [6.07, 6.45) is 0. The summed E-state index contributed by atoms with van der Waals surface area (Å²) in [5.41, 5.74) is -0.264. The third-order valence-corrected chi connectivity index (χ3v) is 3.18. The molecule has 0 saturated heterocycles. The predicted octanol–water partition coefficient (Wildman–Crippen LogP) is 2.55. The minimum atomic E-state index is -1.26. The Morgan fingerprint density at radius 1 is 1.25 bits per heavy atom. The Bertz CT molecular complexity index is 592. The van der Waals surface area contributed by atoms with Crippen LogP contribution < -0.4 is 0 Å². The molecule has 2 rings (SSSR count). The number of hydrogen-bond acceptors (Lipinski definition) is 3. The summed E-state index contributed by atoms with van der Waals surface area (Å²) < 4.78 is 0.711. The largest absolute Gasteiger partial charge is 0.504 e. The second-order valence-electron chi connectivity index (χ2n) is 3.26. The van der Waals surface area contributed by atoms with Gasteiger partial charge in [0.15, 0.2) is 11.5 Å². The number of carboxylic acid groups (broad SMARTS) is 1. The summed E-state index contributed by atoms with van der Waals surface area (Å²) in [6.45, 7) is 0. The number of fused-ring (bicyclic) bond motifs is 1. The number of carbonyl (C=O) groups is 1. The quantitative estimate of drug-likeness (QED) is 0.555. The van der Waals surface area contributed by atoms with E-state index in [0.29, 0.717) is 14.3 Å². The van der Waals surface area contributed by atoms with Crippen LogP contribution in [0.5, 0.6) is 11.5 Å². The minimum Gasteiger partial charge on any atom is -0.504 e. The average Bonchev–Trinajstić information content (AvgIpc) is 2.20. The smallest absolute Gasteiger partial charge is 0.340 e. The molecule has 0 amide bonds. The third kappa shape index (κ3) is 1.57. The van der Waals surface area contributed by atoms with Gasteiger partial charge >= 0.3 is 5.97 Å². The van der Waals surface area contributed by atoms with Crippen LogP contribution in [0.3, 0.4) is 0 Å². The molecule has 82 valence electrons. The van der Waals surface area contributed by atoms with Crippen LogP contribution in [0.25, 0.3) is 10.8 Å². The average molecular weight is 330 g/mol. The van der Waals surface area contributed by atoms with Crippen molar-refractivity contribution in [2.24, 2.45) is 0 Å². The fraction of sp³-hybridized carbons (Fsp3) is 0. The molecule has 3 N–H and O–H groups in total. The SMILES string of the molecule is O=C(O)c1c(O)c(O)cc2cccc(I)c12. The lowest BCUT2D eigenvalue weighted by Gasteiger charge is -2.08. The van der Waals surface area contributed by atoms with Crippen LogP contribution >= 0.6 is 22.6 Å². The lowest BCUT2D eigenvalue weighted by molar-refractivity contribution is 0.0695. The number of carboxylic acids is 1. The van der Waals surface area contributed by atoms with E-state index in [1.807, 2.05) is 22.6 Å². The Morgan fingerprint density at radius 2 is 1.94 bits per heavy atom. The maximum Gasteiger partial charge on any atom is 0.340 e. The molecule has 5 heteroatoms. The van der Waals surface area contributed by atoms with Crippen molar-refractivity contribution in [1.29, 1.82) is 0 Å². The topological polar surface area (TPSA) is 77.8 Å². The first-order valence-corrected chi connectivity index (χ1v) is 5.46. The maximum absolute atomic E-state index is 11.1. The zero-order valence-electron chi connectivity index (χ0n) is 7.94. The highest BCUT2D eigenvalue weighted by molar-refractivity contribution is 14.1. The Kier molecular flexibility index (Phi) is 2.63. The van der Waals surface area contributed by atoms with Gasteiger partial charge in [0.05, 0.1) is 0 Å². The fourth-order valence-electron chi connectivity index (χ4n) is 1.60. The molecule has 16 heavy (non-hydrogen) atoms. The number of halogens is 1. The molecule has 0 radical (unpaired) electrons. The Balaban J connectivity index is 3.03. The molecule has 0 fully saturated rings. The molecule has 0 bridgehead atoms. The predicted molar refractivity (Wildman–Crippen MR) is 67.0 cm³/mol. The minimum absolute atomic E-state index is 0.264. The molecule has 0 heterocycles. The van der Waals surface area contributed by atoms with E-state index in [1.54, 1.807) is 18.2 Å². The van der Waals surface area contributed by atoms with Crippen LogP contribution in [-0.2, 0) is 0 Å². The van der Waals surface area contributed by atoms with Crippen molar-refractivity contribution in [1.82, 2.24) is 0 Å². The van der Waals surface area contributed by atoms with Crippen LogP contribution in [0.1, 0.15) is 10.4 Å². The Hall–Kier alpha value is -1.50. The number of phenolic OH excluding ortho intramolecular Hbond substituents is 1. The van der Waals surface area contributed by atoms with Crippen molar-refractivity contribution in [3.05, 3.63) is 33.4 Å². The van der Waals surface area contributed by atoms with Gasteiger partial charge in [-0.05, 0) is 40.1 Å². The van der Waals surface area contributed by atoms with Crippen LogP contribution in [0.4, 0.5) is 0 Å². The maximum atomic E-state index is 11.1. The van der Waals surface area contributed by atoms with Gasteiger partial charge in [0.1, 0.15) is 5.56 Å². The van der Waals surface area contributed by atoms with E-state index in [1.165, 1.54) is 6.07 Å². The fourth-order valence-corrected chi connectivity index (χ4v) is 2.38. The van der Waals surface area contributed by atoms with E-state index in [-0.39, 0.29) is 5.56 Å². The highest BCUT2D eigenvalue weighted by atomic mass is 127. The van der Waals surface area contributed by atoms with E-state index < -0.39 is 17.5 Å². The summed E-state index contributed by atoms with van der Waals surface area (Å²) in [6, 6.07) is 6.53. The monoisotopic (exact) mass is 330 g/mol. The highest BCUT2D eigenvalue weighted by Gasteiger charge is 2.19. The molecule has 0 atom stereocenters. The second kappa shape index (κ2) is 3.82. The Morgan fingerprint density at radius 3 is 2.56 bits per heavy atom. The van der Waals surface area contributed by atoms with E-state index in [4.69, 9.17) is 5.11 Å². The van der Waals surface area contributed by atoms with Crippen LogP contribution in [0.15, 0.2) is 24.3 Å². The van der Waals surface area contributed by atoms with Gasteiger partial charge in [0.2, 0.25) is 0 Å². The van der Waals surface area contributed by atoms with Gasteiger partial charge in [-0.25, -0.2) is 4.79 Å². The summed E-state index contributed by atoms with van der Waals surface area (Å²) in [5, 5.41) is 29.0. The second-order valence-corrected chi connectivity index (χ2v) is 4.42. The number of rotatable bonds is 1. The van der Waals surface area contributed by atoms with Gasteiger partial charge in [-0.2, -0.15) is 0 Å². The molecule has 0 aliphatic carbocycles. The van der Waals surface area contributed by atoms with Crippen molar-refractivity contribution in [2.45, 2.75) is 0 Å². The number of aromatic carboxylic acids is 1. The summed E-state index contributed by atoms with van der Waals surface area (Å²) in [5.74, 6) is -2.28. The van der Waals surface area contributed by atoms with E-state index >= 15 is 0 Å². The number of aromatic hydroxyl groups is 2. The van der Waals surface area contributed by atoms with Gasteiger partial charge in [-0.3, -0.25) is 0 Å². The van der Waals surface area contributed by atoms with E-state index in [9.17, 15) is 15.0 Å². The van der Waals surface area contributed by atoms with Crippen LogP contribution in [-0.4, -0.2) is 21.3 Å². The number of hydrogen-bond donors (Lipinski definition) is 3. The van der Waals surface area contributed by atoms with Gasteiger partial charge < -0.3 is 15.3 Å². The van der Waals surface area contributed by atoms with Crippen LogP contribution in [0, 0.1) is 3.57 Å². The third-order valence-electron chi connectivity index (χ3n) is 2.28. The van der Waals surface area contributed by atoms with Gasteiger partial charge in [0.25, 0.3) is 0 Å². The molecule has 2 aromatic rings. The first-order valence-electron chi connectivity index (χ1n) is 4.39. The molecule has 4 nitrogen and oxygen atoms in total. The summed E-state index contributed by atoms with van der Waals surface area (Å²) in [7, 11) is 0. The van der Waals surface area contributed by atoms with Crippen LogP contribution in [0.2, 0.25) is 0 Å². The van der Waals surface area contributed by atoms with Crippen molar-refractivity contribution >= 4 is 39.3 Å². The zero-order chi connectivity index (χ0) is 11.9. The number of phenols is 2. The molecule has 0 unspecified atom stereocenters. The lowest BCUT2D eigenvalue weighted by atomic mass is 10.0. The van der Waals surface area contributed by atoms with Crippen molar-refractivity contribution < 1.29 is 20.1 Å². The van der Waals surface area contributed by atoms with E-state index in [2.05, 4.69) is 0 Å². The summed E-state index contributed by atoms with van der Waals surface area (Å²) >= 11 is 1.99. The van der Waals surface area contributed by atoms with E-state index in [0.717, 1.165) is 0 Å². The van der Waals surface area contributed by atoms with Crippen molar-refractivity contribution in [3.8, 4) is 11.5 Å². The molecule has 0 aromatic heterocycles. The van der Waals surface area contributed by atoms with Gasteiger partial charge in [-0.1, -0.05) is 12.1 Å². The molecule has 0 saturated carbocycles. The molecule has 0 aliphatic rings. The van der Waals surface area contributed by atoms with Gasteiger partial charge in [0, 0.05) is 8.96 Å². The first kappa shape index (κ1) is 11.0. The first-order chi connectivity index (χ1) is 7.52. The molecule has 0 spiro atoms. The molecular weight excluding hydrogens is 323 g/mol. The van der Waals surface area contributed by atoms with Gasteiger partial charge in [-0.15, -0.1) is 0 Å². The molecular formula is C11H7IO4. The Labute approximate surface area is 104 Å². The zero-order valence-corrected chi connectivity index (χ0v) is 10.1. The lowest BCUT2D eigenvalue weighted by Crippen LogP contribution is -1.99. The van der Waals surface area contributed by atoms with Crippen molar-refractivity contribution in [2.75, 3.05) is 0 Å². The number of benzene rings is 2. The molecule has 0 aliphatic heterocycles. The molecule has 2 aromatic carbocycles. The summed E-state index contributed by atoms with van der Waals surface area (Å²) in [4.78, 5) is 11.1. The highest BCUT2D eigenvalue weighted by Crippen LogP contribution is 2.37. The van der Waals surface area contributed by atoms with Crippen molar-refractivity contribution in [3.63, 3.8) is 0 Å². The normalized spacial score (nSPS) is 10.6. The standard InChI is InChI=1S/C11H7IO4/c12-6-3-1-2-5-4-7(13)10(14)9(8(5)6)11(15)16/h1-4,13-14H,(H,15,16).